The molecule has 1 heterocycles. The fraction of sp³-hybridized carbons (Fsp3) is 0.357. The first-order valence-corrected chi connectivity index (χ1v) is 6.77. The molecule has 0 fully saturated rings. The Kier molecular flexibility index (Phi) is 3.50. The van der Waals surface area contributed by atoms with Crippen molar-refractivity contribution in [2.24, 2.45) is 5.73 Å². The zero-order chi connectivity index (χ0) is 13.3. The van der Waals surface area contributed by atoms with Gasteiger partial charge >= 0.3 is 0 Å². The van der Waals surface area contributed by atoms with Crippen LogP contribution in [0, 0.1) is 5.82 Å². The van der Waals surface area contributed by atoms with Crippen molar-refractivity contribution in [3.63, 3.8) is 0 Å². The molecule has 1 aromatic carbocycles. The second-order valence-electron chi connectivity index (χ2n) is 5.00. The Morgan fingerprint density at radius 1 is 1.28 bits per heavy atom. The molecule has 0 radical (unpaired) electrons. The van der Waals surface area contributed by atoms with Gasteiger partial charge in [-0.2, -0.15) is 0 Å². The van der Waals surface area contributed by atoms with Gasteiger partial charge in [0.2, 0.25) is 0 Å². The van der Waals surface area contributed by atoms with Gasteiger partial charge in [0.1, 0.15) is 10.8 Å². The van der Waals surface area contributed by atoms with E-state index < -0.39 is 0 Å². The van der Waals surface area contributed by atoms with E-state index >= 15 is 0 Å². The summed E-state index contributed by atoms with van der Waals surface area (Å²) in [4.78, 5) is 4.58. The molecule has 0 spiro atoms. The highest BCUT2D eigenvalue weighted by atomic mass is 32.1. The van der Waals surface area contributed by atoms with Crippen LogP contribution >= 0.6 is 11.3 Å². The molecular formula is C14H17FN2S. The first-order chi connectivity index (χ1) is 8.41. The minimum Gasteiger partial charge on any atom is -0.323 e. The maximum atomic E-state index is 13.0. The molecule has 1 unspecified atom stereocenters. The lowest BCUT2D eigenvalue weighted by Crippen LogP contribution is -2.19. The highest BCUT2D eigenvalue weighted by Gasteiger charge is 2.27. The highest BCUT2D eigenvalue weighted by molar-refractivity contribution is 7.09. The largest absolute Gasteiger partial charge is 0.323 e. The number of aromatic nitrogens is 1. The molecule has 0 aliphatic rings. The predicted octanol–water partition coefficient (Wildman–Crippen LogP) is 3.63. The van der Waals surface area contributed by atoms with Crippen LogP contribution in [0.25, 0.3) is 0 Å². The van der Waals surface area contributed by atoms with E-state index in [1.54, 1.807) is 11.3 Å². The third-order valence-electron chi connectivity index (χ3n) is 3.09. The first-order valence-electron chi connectivity index (χ1n) is 5.89. The van der Waals surface area contributed by atoms with Crippen LogP contribution in [0.15, 0.2) is 29.6 Å². The van der Waals surface area contributed by atoms with E-state index in [1.807, 2.05) is 24.4 Å². The standard InChI is InChI=1S/C14H17FN2S/c1-9(16)12-8-18-13(17-12)14(2,3)10-4-6-11(15)7-5-10/h4-9H,16H2,1-3H3. The number of hydrogen-bond donors (Lipinski definition) is 1. The van der Waals surface area contributed by atoms with E-state index in [0.29, 0.717) is 0 Å². The summed E-state index contributed by atoms with van der Waals surface area (Å²) < 4.78 is 13.0. The summed E-state index contributed by atoms with van der Waals surface area (Å²) >= 11 is 1.60. The topological polar surface area (TPSA) is 38.9 Å². The maximum Gasteiger partial charge on any atom is 0.123 e. The molecule has 2 nitrogen and oxygen atoms in total. The van der Waals surface area contributed by atoms with Gasteiger partial charge in [-0.05, 0) is 38.5 Å². The zero-order valence-corrected chi connectivity index (χ0v) is 11.6. The Labute approximate surface area is 111 Å². The van der Waals surface area contributed by atoms with Crippen molar-refractivity contribution in [3.05, 3.63) is 51.7 Å². The summed E-state index contributed by atoms with van der Waals surface area (Å²) in [5.41, 5.74) is 7.55. The Balaban J connectivity index is 2.37. The van der Waals surface area contributed by atoms with Crippen molar-refractivity contribution in [2.75, 3.05) is 0 Å². The number of benzene rings is 1. The number of hydrogen-bond acceptors (Lipinski definition) is 3. The predicted molar refractivity (Wildman–Crippen MR) is 73.2 cm³/mol. The van der Waals surface area contributed by atoms with Crippen molar-refractivity contribution >= 4 is 11.3 Å². The van der Waals surface area contributed by atoms with Crippen LogP contribution in [0.3, 0.4) is 0 Å². The SMILES string of the molecule is CC(N)c1csc(C(C)(C)c2ccc(F)cc2)n1. The van der Waals surface area contributed by atoms with Gasteiger partial charge in [-0.3, -0.25) is 0 Å². The fourth-order valence-electron chi connectivity index (χ4n) is 1.77. The quantitative estimate of drug-likeness (QED) is 0.919. The number of thiazole rings is 1. The third kappa shape index (κ3) is 2.44. The van der Waals surface area contributed by atoms with Gasteiger partial charge in [0.25, 0.3) is 0 Å². The summed E-state index contributed by atoms with van der Waals surface area (Å²) in [7, 11) is 0. The lowest BCUT2D eigenvalue weighted by atomic mass is 9.85. The molecule has 0 saturated carbocycles. The van der Waals surface area contributed by atoms with Crippen LogP contribution in [0.5, 0.6) is 0 Å². The normalized spacial score (nSPS) is 13.6. The lowest BCUT2D eigenvalue weighted by molar-refractivity contribution is 0.609. The van der Waals surface area contributed by atoms with E-state index in [-0.39, 0.29) is 17.3 Å². The first kappa shape index (κ1) is 13.2. The molecule has 0 aliphatic heterocycles. The molecule has 0 saturated heterocycles. The average molecular weight is 264 g/mol. The van der Waals surface area contributed by atoms with Gasteiger partial charge in [0, 0.05) is 16.8 Å². The number of halogens is 1. The summed E-state index contributed by atoms with van der Waals surface area (Å²) in [6.45, 7) is 6.10. The van der Waals surface area contributed by atoms with E-state index in [0.717, 1.165) is 16.3 Å². The van der Waals surface area contributed by atoms with E-state index in [2.05, 4.69) is 18.8 Å². The lowest BCUT2D eigenvalue weighted by Gasteiger charge is -2.22. The summed E-state index contributed by atoms with van der Waals surface area (Å²) in [5, 5.41) is 2.99. The van der Waals surface area contributed by atoms with Crippen LogP contribution < -0.4 is 5.73 Å². The van der Waals surface area contributed by atoms with E-state index in [9.17, 15) is 4.39 Å². The van der Waals surface area contributed by atoms with Crippen LogP contribution in [-0.2, 0) is 5.41 Å². The Morgan fingerprint density at radius 3 is 2.39 bits per heavy atom. The molecule has 1 aromatic heterocycles. The third-order valence-corrected chi connectivity index (χ3v) is 4.27. The van der Waals surface area contributed by atoms with Gasteiger partial charge in [0.05, 0.1) is 5.69 Å². The molecular weight excluding hydrogens is 247 g/mol. The number of nitrogens with two attached hydrogens (primary N) is 1. The van der Waals surface area contributed by atoms with Crippen LogP contribution in [0.1, 0.15) is 43.1 Å². The minimum atomic E-state index is -0.231. The van der Waals surface area contributed by atoms with Crippen LogP contribution in [0.2, 0.25) is 0 Å². The van der Waals surface area contributed by atoms with Crippen molar-refractivity contribution in [1.82, 2.24) is 4.98 Å². The Morgan fingerprint density at radius 2 is 1.89 bits per heavy atom. The van der Waals surface area contributed by atoms with Crippen LogP contribution in [-0.4, -0.2) is 4.98 Å². The van der Waals surface area contributed by atoms with Gasteiger partial charge in [-0.25, -0.2) is 9.37 Å². The van der Waals surface area contributed by atoms with Crippen molar-refractivity contribution in [2.45, 2.75) is 32.2 Å². The van der Waals surface area contributed by atoms with Gasteiger partial charge < -0.3 is 5.73 Å². The monoisotopic (exact) mass is 264 g/mol. The molecule has 4 heteroatoms. The smallest absolute Gasteiger partial charge is 0.123 e. The highest BCUT2D eigenvalue weighted by Crippen LogP contribution is 2.34. The number of nitrogens with zero attached hydrogens (tertiary/aromatic N) is 1. The van der Waals surface area contributed by atoms with Gasteiger partial charge in [-0.1, -0.05) is 12.1 Å². The molecule has 96 valence electrons. The summed E-state index contributed by atoms with van der Waals surface area (Å²) in [6.07, 6.45) is 0. The molecule has 0 aliphatic carbocycles. The molecule has 2 rings (SSSR count). The molecule has 2 N–H and O–H groups in total. The summed E-state index contributed by atoms with van der Waals surface area (Å²) in [6, 6.07) is 6.53. The second-order valence-corrected chi connectivity index (χ2v) is 5.86. The molecule has 0 amide bonds. The van der Waals surface area contributed by atoms with Crippen LogP contribution in [0.4, 0.5) is 4.39 Å². The molecule has 0 bridgehead atoms. The van der Waals surface area contributed by atoms with Crippen molar-refractivity contribution in [1.29, 1.82) is 0 Å². The van der Waals surface area contributed by atoms with Crippen molar-refractivity contribution in [3.8, 4) is 0 Å². The van der Waals surface area contributed by atoms with E-state index in [1.165, 1.54) is 12.1 Å². The molecule has 2 aromatic rings. The van der Waals surface area contributed by atoms with Crippen molar-refractivity contribution < 1.29 is 4.39 Å². The number of rotatable bonds is 3. The second kappa shape index (κ2) is 4.78. The average Bonchev–Trinajstić information content (AvgIpc) is 2.79. The minimum absolute atomic E-state index is 0.0565. The Bertz CT molecular complexity index is 529. The fourth-order valence-corrected chi connectivity index (χ4v) is 2.84. The van der Waals surface area contributed by atoms with Gasteiger partial charge in [-0.15, -0.1) is 11.3 Å². The van der Waals surface area contributed by atoms with Gasteiger partial charge in [0.15, 0.2) is 0 Å². The Hall–Kier alpha value is -1.26. The zero-order valence-electron chi connectivity index (χ0n) is 10.8. The summed E-state index contributed by atoms with van der Waals surface area (Å²) in [5.74, 6) is -0.218. The molecule has 18 heavy (non-hydrogen) atoms. The maximum absolute atomic E-state index is 13.0. The molecule has 1 atom stereocenters. The van der Waals surface area contributed by atoms with E-state index in [4.69, 9.17) is 5.73 Å².